The van der Waals surface area contributed by atoms with Gasteiger partial charge < -0.3 is 20.9 Å². The molecule has 2 aromatic rings. The standard InChI is InChI=1S/C29H40N2O3/c1-3-4-5-10-22-11-6-7-14-27(22)25-13-8-12-23-20-26(16-15-24(23)19-25)33-17-9-18-34-28(32)29(2,31)21-30/h6-7,11,14-16,19-20H,3-5,8-10,12-13,17-18,21,30-31H2,1-2H3. The lowest BCUT2D eigenvalue weighted by Gasteiger charge is -2.20. The summed E-state index contributed by atoms with van der Waals surface area (Å²) in [6.07, 6.45) is 11.1. The Morgan fingerprint density at radius 3 is 2.68 bits per heavy atom. The molecule has 0 amide bonds. The van der Waals surface area contributed by atoms with E-state index < -0.39 is 11.5 Å². The summed E-state index contributed by atoms with van der Waals surface area (Å²) in [6, 6.07) is 15.2. The lowest BCUT2D eigenvalue weighted by atomic mass is 9.93. The molecule has 34 heavy (non-hydrogen) atoms. The fraction of sp³-hybridized carbons (Fsp3) is 0.483. The van der Waals surface area contributed by atoms with Crippen LogP contribution in [0.3, 0.4) is 0 Å². The number of aryl methyl sites for hydroxylation is 2. The fourth-order valence-electron chi connectivity index (χ4n) is 4.25. The Hall–Kier alpha value is -2.63. The SMILES string of the molecule is CCCCCc1ccccc1C1=Cc2ccc(OCCCOC(=O)C(C)(N)CN)cc2CCC1. The van der Waals surface area contributed by atoms with Crippen molar-refractivity contribution in [1.82, 2.24) is 0 Å². The molecule has 1 aliphatic carbocycles. The van der Waals surface area contributed by atoms with Gasteiger partial charge in [0, 0.05) is 13.0 Å². The molecule has 0 spiro atoms. The van der Waals surface area contributed by atoms with Gasteiger partial charge in [-0.3, -0.25) is 4.79 Å². The molecule has 5 heteroatoms. The number of rotatable bonds is 12. The van der Waals surface area contributed by atoms with Crippen molar-refractivity contribution in [3.05, 3.63) is 64.7 Å². The van der Waals surface area contributed by atoms with Crippen LogP contribution in [0, 0.1) is 0 Å². The van der Waals surface area contributed by atoms with Crippen LogP contribution in [0.4, 0.5) is 0 Å². The average Bonchev–Trinajstić information content (AvgIpc) is 3.06. The third-order valence-electron chi connectivity index (χ3n) is 6.43. The molecule has 184 valence electrons. The van der Waals surface area contributed by atoms with Crippen molar-refractivity contribution in [3.63, 3.8) is 0 Å². The van der Waals surface area contributed by atoms with Crippen molar-refractivity contribution < 1.29 is 14.3 Å². The minimum Gasteiger partial charge on any atom is -0.493 e. The fourth-order valence-corrected chi connectivity index (χ4v) is 4.25. The second-order valence-corrected chi connectivity index (χ2v) is 9.46. The predicted octanol–water partition coefficient (Wildman–Crippen LogP) is 5.28. The number of fused-ring (bicyclic) bond motifs is 1. The van der Waals surface area contributed by atoms with E-state index in [0.717, 1.165) is 31.4 Å². The number of ether oxygens (including phenoxy) is 2. The quantitative estimate of drug-likeness (QED) is 0.329. The average molecular weight is 465 g/mol. The highest BCUT2D eigenvalue weighted by Crippen LogP contribution is 2.33. The number of carbonyl (C=O) groups excluding carboxylic acids is 1. The molecule has 1 unspecified atom stereocenters. The first-order valence-electron chi connectivity index (χ1n) is 12.7. The summed E-state index contributed by atoms with van der Waals surface area (Å²) in [4.78, 5) is 11.9. The molecule has 1 aliphatic rings. The molecule has 3 rings (SSSR count). The lowest BCUT2D eigenvalue weighted by Crippen LogP contribution is -2.52. The Bertz CT molecular complexity index is 981. The summed E-state index contributed by atoms with van der Waals surface area (Å²) in [5, 5.41) is 0. The summed E-state index contributed by atoms with van der Waals surface area (Å²) in [7, 11) is 0. The van der Waals surface area contributed by atoms with Gasteiger partial charge in [-0.1, -0.05) is 56.2 Å². The van der Waals surface area contributed by atoms with E-state index in [2.05, 4.69) is 49.4 Å². The Balaban J connectivity index is 1.60. The second-order valence-electron chi connectivity index (χ2n) is 9.46. The Kier molecular flexibility index (Phi) is 9.73. The third-order valence-corrected chi connectivity index (χ3v) is 6.43. The van der Waals surface area contributed by atoms with Gasteiger partial charge >= 0.3 is 5.97 Å². The minimum atomic E-state index is -1.14. The van der Waals surface area contributed by atoms with E-state index in [-0.39, 0.29) is 13.2 Å². The number of hydrogen-bond acceptors (Lipinski definition) is 5. The van der Waals surface area contributed by atoms with Gasteiger partial charge in [-0.15, -0.1) is 0 Å². The largest absolute Gasteiger partial charge is 0.493 e. The van der Waals surface area contributed by atoms with Gasteiger partial charge in [0.05, 0.1) is 13.2 Å². The maximum atomic E-state index is 11.9. The van der Waals surface area contributed by atoms with E-state index in [1.807, 2.05) is 6.07 Å². The van der Waals surface area contributed by atoms with Crippen molar-refractivity contribution in [1.29, 1.82) is 0 Å². The molecule has 0 aliphatic heterocycles. The van der Waals surface area contributed by atoms with Crippen LogP contribution >= 0.6 is 0 Å². The number of benzene rings is 2. The van der Waals surface area contributed by atoms with Crippen LogP contribution < -0.4 is 16.2 Å². The van der Waals surface area contributed by atoms with Crippen molar-refractivity contribution in [2.24, 2.45) is 11.5 Å². The number of hydrogen-bond donors (Lipinski definition) is 2. The Morgan fingerprint density at radius 1 is 1.06 bits per heavy atom. The van der Waals surface area contributed by atoms with E-state index in [0.29, 0.717) is 13.0 Å². The predicted molar refractivity (Wildman–Crippen MR) is 140 cm³/mol. The number of esters is 1. The van der Waals surface area contributed by atoms with Crippen molar-refractivity contribution in [2.75, 3.05) is 19.8 Å². The molecular formula is C29H40N2O3. The van der Waals surface area contributed by atoms with E-state index in [1.54, 1.807) is 6.92 Å². The van der Waals surface area contributed by atoms with Crippen LogP contribution in [0.2, 0.25) is 0 Å². The molecule has 1 atom stereocenters. The molecule has 2 aromatic carbocycles. The Morgan fingerprint density at radius 2 is 1.88 bits per heavy atom. The maximum absolute atomic E-state index is 11.9. The number of allylic oxidation sites excluding steroid dienone is 1. The van der Waals surface area contributed by atoms with Crippen LogP contribution in [0.5, 0.6) is 5.75 Å². The summed E-state index contributed by atoms with van der Waals surface area (Å²) in [5.41, 5.74) is 17.1. The summed E-state index contributed by atoms with van der Waals surface area (Å²) >= 11 is 0. The molecule has 0 bridgehead atoms. The molecule has 0 aromatic heterocycles. The molecule has 0 radical (unpaired) electrons. The highest BCUT2D eigenvalue weighted by molar-refractivity contribution is 5.84. The van der Waals surface area contributed by atoms with Gasteiger partial charge in [-0.25, -0.2) is 0 Å². The summed E-state index contributed by atoms with van der Waals surface area (Å²) < 4.78 is 11.1. The van der Waals surface area contributed by atoms with Gasteiger partial charge in [-0.05, 0) is 79.0 Å². The highest BCUT2D eigenvalue weighted by atomic mass is 16.5. The first kappa shape index (κ1) is 26.0. The van der Waals surface area contributed by atoms with E-state index in [9.17, 15) is 4.79 Å². The molecule has 0 fully saturated rings. The lowest BCUT2D eigenvalue weighted by molar-refractivity contribution is -0.149. The molecule has 5 nitrogen and oxygen atoms in total. The van der Waals surface area contributed by atoms with E-state index in [1.165, 1.54) is 47.1 Å². The van der Waals surface area contributed by atoms with Gasteiger partial charge in [0.1, 0.15) is 11.3 Å². The van der Waals surface area contributed by atoms with Crippen molar-refractivity contribution in [3.8, 4) is 5.75 Å². The summed E-state index contributed by atoms with van der Waals surface area (Å²) in [6.45, 7) is 4.62. The molecule has 4 N–H and O–H groups in total. The first-order chi connectivity index (χ1) is 16.4. The van der Waals surface area contributed by atoms with Crippen molar-refractivity contribution in [2.45, 2.75) is 70.8 Å². The molecule has 0 saturated carbocycles. The zero-order valence-corrected chi connectivity index (χ0v) is 20.8. The zero-order chi connectivity index (χ0) is 24.4. The van der Waals surface area contributed by atoms with Crippen LogP contribution in [0.15, 0.2) is 42.5 Å². The maximum Gasteiger partial charge on any atom is 0.327 e. The molecular weight excluding hydrogens is 424 g/mol. The first-order valence-corrected chi connectivity index (χ1v) is 12.7. The van der Waals surface area contributed by atoms with Crippen LogP contribution in [-0.4, -0.2) is 31.3 Å². The topological polar surface area (TPSA) is 87.6 Å². The van der Waals surface area contributed by atoms with Crippen LogP contribution in [-0.2, 0) is 22.4 Å². The smallest absolute Gasteiger partial charge is 0.327 e. The zero-order valence-electron chi connectivity index (χ0n) is 20.8. The van der Waals surface area contributed by atoms with Crippen LogP contribution in [0.1, 0.15) is 74.6 Å². The second kappa shape index (κ2) is 12.7. The van der Waals surface area contributed by atoms with E-state index in [4.69, 9.17) is 20.9 Å². The van der Waals surface area contributed by atoms with Crippen molar-refractivity contribution >= 4 is 17.6 Å². The molecule has 0 saturated heterocycles. The summed E-state index contributed by atoms with van der Waals surface area (Å²) in [5.74, 6) is 0.377. The van der Waals surface area contributed by atoms with E-state index >= 15 is 0 Å². The third kappa shape index (κ3) is 7.18. The highest BCUT2D eigenvalue weighted by Gasteiger charge is 2.28. The number of nitrogens with two attached hydrogens (primary N) is 2. The number of unbranched alkanes of at least 4 members (excludes halogenated alkanes) is 2. The van der Waals surface area contributed by atoms with Gasteiger partial charge in [0.25, 0.3) is 0 Å². The Labute approximate surface area is 204 Å². The van der Waals surface area contributed by atoms with Crippen LogP contribution in [0.25, 0.3) is 11.6 Å². The van der Waals surface area contributed by atoms with Gasteiger partial charge in [0.2, 0.25) is 0 Å². The monoisotopic (exact) mass is 464 g/mol. The molecule has 0 heterocycles. The number of carbonyl (C=O) groups is 1. The van der Waals surface area contributed by atoms with Gasteiger partial charge in [0.15, 0.2) is 0 Å². The normalized spacial score (nSPS) is 15.0. The minimum absolute atomic E-state index is 0.0536. The van der Waals surface area contributed by atoms with Gasteiger partial charge in [-0.2, -0.15) is 0 Å².